The van der Waals surface area contributed by atoms with E-state index in [1.165, 1.54) is 18.0 Å². The maximum absolute atomic E-state index is 10.5. The maximum atomic E-state index is 10.5. The van der Waals surface area contributed by atoms with Gasteiger partial charge >= 0.3 is 5.97 Å². The van der Waals surface area contributed by atoms with Gasteiger partial charge in [-0.15, -0.1) is 5.10 Å². The van der Waals surface area contributed by atoms with Crippen LogP contribution in [0.15, 0.2) is 34.5 Å². The highest BCUT2D eigenvalue weighted by Gasteiger charge is 2.03. The molecule has 0 bridgehead atoms. The fourth-order valence-electron chi connectivity index (χ4n) is 1.18. The summed E-state index contributed by atoms with van der Waals surface area (Å²) in [6, 6.07) is 6.96. The number of para-hydroxylation sites is 1. The lowest BCUT2D eigenvalue weighted by Gasteiger charge is -2.05. The number of carbonyl (C=O) groups is 2. The predicted octanol–water partition coefficient (Wildman–Crippen LogP) is 1.25. The zero-order valence-electron chi connectivity index (χ0n) is 11.9. The number of nitrogens with two attached hydrogens (primary N) is 1. The number of nitrogens with zero attached hydrogens (tertiary/aromatic N) is 2. The summed E-state index contributed by atoms with van der Waals surface area (Å²) in [7, 11) is 0. The number of hydrogen-bond acceptors (Lipinski definition) is 6. The molecular formula is C13H17N3O5S. The minimum Gasteiger partial charge on any atom is -0.483 e. The van der Waals surface area contributed by atoms with Crippen LogP contribution in [0.5, 0.6) is 5.75 Å². The minimum absolute atomic E-state index is 0.250. The van der Waals surface area contributed by atoms with Gasteiger partial charge in [-0.2, -0.15) is 5.10 Å². The third-order valence-electron chi connectivity index (χ3n) is 1.92. The second-order valence-electron chi connectivity index (χ2n) is 3.44. The molecule has 4 N–H and O–H groups in total. The standard InChI is InChI=1S/C12H15N3O3S.CH2O2/c1-2-19-12(13)15-14-7-9-5-3-4-6-10(9)18-8-11(16)17;2-1-3/h3-7H,2,8H2,1H3,(H2,13,15)(H,16,17);1H,(H,2,3)/b14-7+;. The van der Waals surface area contributed by atoms with Gasteiger partial charge in [0.25, 0.3) is 6.47 Å². The van der Waals surface area contributed by atoms with E-state index in [1.807, 2.05) is 6.92 Å². The molecule has 0 saturated carbocycles. The van der Waals surface area contributed by atoms with Crippen molar-refractivity contribution in [3.05, 3.63) is 29.8 Å². The Kier molecular flexibility index (Phi) is 10.8. The van der Waals surface area contributed by atoms with E-state index < -0.39 is 12.6 Å². The van der Waals surface area contributed by atoms with Crippen LogP contribution in [0.25, 0.3) is 0 Å². The van der Waals surface area contributed by atoms with Crippen LogP contribution < -0.4 is 10.5 Å². The molecule has 0 amide bonds. The topological polar surface area (TPSA) is 135 Å². The third kappa shape index (κ3) is 9.37. The van der Waals surface area contributed by atoms with E-state index in [0.29, 0.717) is 16.5 Å². The quantitative estimate of drug-likeness (QED) is 0.310. The van der Waals surface area contributed by atoms with Crippen molar-refractivity contribution in [1.29, 1.82) is 0 Å². The summed E-state index contributed by atoms with van der Waals surface area (Å²) in [4.78, 5) is 18.8. The molecule has 0 aliphatic carbocycles. The van der Waals surface area contributed by atoms with Crippen molar-refractivity contribution in [2.45, 2.75) is 6.92 Å². The Morgan fingerprint density at radius 3 is 2.68 bits per heavy atom. The van der Waals surface area contributed by atoms with Crippen LogP contribution in [0.2, 0.25) is 0 Å². The Bertz CT molecular complexity index is 534. The average molecular weight is 327 g/mol. The largest absolute Gasteiger partial charge is 0.483 e. The summed E-state index contributed by atoms with van der Waals surface area (Å²) in [5.41, 5.74) is 6.22. The molecule has 1 aromatic carbocycles. The van der Waals surface area contributed by atoms with Crippen molar-refractivity contribution < 1.29 is 24.5 Å². The van der Waals surface area contributed by atoms with Crippen LogP contribution in [0.1, 0.15) is 12.5 Å². The SMILES string of the molecule is CCS/C(N)=N/N=C/c1ccccc1OCC(=O)O.O=CO. The number of hydrogen-bond donors (Lipinski definition) is 3. The zero-order chi connectivity index (χ0) is 16.8. The zero-order valence-corrected chi connectivity index (χ0v) is 12.7. The molecule has 0 unspecified atom stereocenters. The molecule has 0 heterocycles. The molecule has 8 nitrogen and oxygen atoms in total. The Labute approximate surface area is 131 Å². The number of ether oxygens (including phenoxy) is 1. The van der Waals surface area contributed by atoms with Crippen LogP contribution in [0.3, 0.4) is 0 Å². The number of thioether (sulfide) groups is 1. The van der Waals surface area contributed by atoms with E-state index in [0.717, 1.165) is 5.75 Å². The molecule has 1 aromatic rings. The molecule has 1 rings (SSSR count). The molecule has 0 aromatic heterocycles. The number of rotatable bonds is 6. The van der Waals surface area contributed by atoms with Crippen molar-refractivity contribution >= 4 is 35.6 Å². The first-order valence-electron chi connectivity index (χ1n) is 6.05. The first-order valence-corrected chi connectivity index (χ1v) is 7.04. The second-order valence-corrected chi connectivity index (χ2v) is 4.73. The first kappa shape index (κ1) is 19.4. The molecule has 0 fully saturated rings. The lowest BCUT2D eigenvalue weighted by Crippen LogP contribution is -2.10. The van der Waals surface area contributed by atoms with Crippen LogP contribution in [0, 0.1) is 0 Å². The Balaban J connectivity index is 0.00000135. The Hall–Kier alpha value is -2.55. The summed E-state index contributed by atoms with van der Waals surface area (Å²) in [5, 5.41) is 23.5. The van der Waals surface area contributed by atoms with E-state index in [2.05, 4.69) is 10.2 Å². The van der Waals surface area contributed by atoms with Crippen LogP contribution in [-0.4, -0.2) is 46.4 Å². The number of carboxylic acids is 1. The highest BCUT2D eigenvalue weighted by atomic mass is 32.2. The highest BCUT2D eigenvalue weighted by Crippen LogP contribution is 2.15. The summed E-state index contributed by atoms with van der Waals surface area (Å²) >= 11 is 1.39. The van der Waals surface area contributed by atoms with Crippen LogP contribution in [-0.2, 0) is 9.59 Å². The van der Waals surface area contributed by atoms with E-state index in [4.69, 9.17) is 25.5 Å². The molecule has 0 aliphatic rings. The summed E-state index contributed by atoms with van der Waals surface area (Å²) in [6.45, 7) is 1.31. The first-order chi connectivity index (χ1) is 10.5. The summed E-state index contributed by atoms with van der Waals surface area (Å²) in [5.74, 6) is 0.224. The second kappa shape index (κ2) is 12.2. The van der Waals surface area contributed by atoms with Crippen molar-refractivity contribution in [3.63, 3.8) is 0 Å². The monoisotopic (exact) mass is 327 g/mol. The van der Waals surface area contributed by atoms with Crippen molar-refractivity contribution in [2.24, 2.45) is 15.9 Å². The van der Waals surface area contributed by atoms with E-state index in [-0.39, 0.29) is 6.47 Å². The molecule has 0 saturated heterocycles. The van der Waals surface area contributed by atoms with Gasteiger partial charge in [-0.3, -0.25) is 4.79 Å². The van der Waals surface area contributed by atoms with Gasteiger partial charge in [0.2, 0.25) is 0 Å². The molecule has 22 heavy (non-hydrogen) atoms. The van der Waals surface area contributed by atoms with E-state index in [9.17, 15) is 4.79 Å². The number of benzene rings is 1. The molecule has 120 valence electrons. The number of amidine groups is 1. The Morgan fingerprint density at radius 2 is 2.09 bits per heavy atom. The van der Waals surface area contributed by atoms with Gasteiger partial charge in [-0.25, -0.2) is 4.79 Å². The Morgan fingerprint density at radius 1 is 1.45 bits per heavy atom. The molecular weight excluding hydrogens is 310 g/mol. The number of carboxylic acid groups (broad SMARTS) is 2. The van der Waals surface area contributed by atoms with E-state index in [1.54, 1.807) is 24.3 Å². The minimum atomic E-state index is -1.03. The van der Waals surface area contributed by atoms with Crippen LogP contribution >= 0.6 is 11.8 Å². The van der Waals surface area contributed by atoms with Crippen molar-refractivity contribution in [1.82, 2.24) is 0 Å². The fourth-order valence-corrected chi connectivity index (χ4v) is 1.58. The summed E-state index contributed by atoms with van der Waals surface area (Å²) < 4.78 is 5.13. The van der Waals surface area contributed by atoms with Gasteiger partial charge in [-0.1, -0.05) is 30.8 Å². The van der Waals surface area contributed by atoms with Gasteiger partial charge in [-0.05, 0) is 17.9 Å². The van der Waals surface area contributed by atoms with Crippen molar-refractivity contribution in [2.75, 3.05) is 12.4 Å². The highest BCUT2D eigenvalue weighted by molar-refractivity contribution is 8.13. The predicted molar refractivity (Wildman–Crippen MR) is 85.6 cm³/mol. The smallest absolute Gasteiger partial charge is 0.341 e. The van der Waals surface area contributed by atoms with Gasteiger partial charge in [0.1, 0.15) is 5.75 Å². The van der Waals surface area contributed by atoms with Gasteiger partial charge in [0.05, 0.1) is 6.21 Å². The molecule has 0 spiro atoms. The van der Waals surface area contributed by atoms with Gasteiger partial charge in [0, 0.05) is 5.56 Å². The normalized spacial score (nSPS) is 10.7. The van der Waals surface area contributed by atoms with E-state index >= 15 is 0 Å². The summed E-state index contributed by atoms with van der Waals surface area (Å²) in [6.07, 6.45) is 1.47. The average Bonchev–Trinajstić information content (AvgIpc) is 2.47. The van der Waals surface area contributed by atoms with Crippen molar-refractivity contribution in [3.8, 4) is 5.75 Å². The lowest BCUT2D eigenvalue weighted by atomic mass is 10.2. The lowest BCUT2D eigenvalue weighted by molar-refractivity contribution is -0.139. The maximum Gasteiger partial charge on any atom is 0.341 e. The number of aliphatic carboxylic acids is 1. The fraction of sp³-hybridized carbons (Fsp3) is 0.231. The molecule has 0 atom stereocenters. The molecule has 0 radical (unpaired) electrons. The molecule has 9 heteroatoms. The molecule has 0 aliphatic heterocycles. The van der Waals surface area contributed by atoms with Gasteiger partial charge in [0.15, 0.2) is 11.8 Å². The van der Waals surface area contributed by atoms with Crippen LogP contribution in [0.4, 0.5) is 0 Å². The third-order valence-corrected chi connectivity index (χ3v) is 2.58. The van der Waals surface area contributed by atoms with Gasteiger partial charge < -0.3 is 20.7 Å².